The first-order valence-electron chi connectivity index (χ1n) is 9.93. The topological polar surface area (TPSA) is 24.7 Å². The van der Waals surface area contributed by atoms with Crippen molar-refractivity contribution in [3.05, 3.63) is 22.8 Å². The lowest BCUT2D eigenvalue weighted by Gasteiger charge is -2.17. The van der Waals surface area contributed by atoms with E-state index < -0.39 is 0 Å². The fourth-order valence-electron chi connectivity index (χ4n) is 3.50. The Labute approximate surface area is 155 Å². The maximum atomic E-state index is 5.06. The molecule has 0 atom stereocenters. The van der Waals surface area contributed by atoms with Crippen LogP contribution in [0, 0.1) is 18.8 Å². The van der Waals surface area contributed by atoms with Gasteiger partial charge in [-0.1, -0.05) is 47.6 Å². The van der Waals surface area contributed by atoms with Crippen LogP contribution in [0.5, 0.6) is 0 Å². The molecule has 1 aromatic rings. The third kappa shape index (κ3) is 6.41. The van der Waals surface area contributed by atoms with Gasteiger partial charge >= 0.3 is 0 Å². The molecular formula is C23H38N2. The van der Waals surface area contributed by atoms with Crippen LogP contribution in [0.4, 0.5) is 11.4 Å². The summed E-state index contributed by atoms with van der Waals surface area (Å²) in [7, 11) is 0. The minimum atomic E-state index is 0.634. The number of rotatable bonds is 8. The monoisotopic (exact) mass is 342 g/mol. The van der Waals surface area contributed by atoms with Crippen LogP contribution in [0.2, 0.25) is 0 Å². The molecule has 0 spiro atoms. The van der Waals surface area contributed by atoms with Gasteiger partial charge in [0.2, 0.25) is 0 Å². The van der Waals surface area contributed by atoms with Crippen LogP contribution >= 0.6 is 0 Å². The fraction of sp³-hybridized carbons (Fsp3) is 0.652. The van der Waals surface area contributed by atoms with Gasteiger partial charge in [-0.2, -0.15) is 0 Å². The van der Waals surface area contributed by atoms with Crippen molar-refractivity contribution in [3.8, 4) is 0 Å². The standard InChI is InChI=1S/C23H38N2/c1-10-20-14-17(7)22(24-18(8)12-15(3)4)21(11-2)23(20)25-19(9)13-16(5)6/h14-16H,10-13H2,1-9H3. The van der Waals surface area contributed by atoms with Crippen LogP contribution in [-0.2, 0) is 12.8 Å². The summed E-state index contributed by atoms with van der Waals surface area (Å²) in [4.78, 5) is 10.1. The number of aryl methyl sites for hydroxylation is 2. The zero-order valence-corrected chi connectivity index (χ0v) is 18.0. The summed E-state index contributed by atoms with van der Waals surface area (Å²) in [5.74, 6) is 1.27. The Morgan fingerprint density at radius 2 is 1.32 bits per heavy atom. The van der Waals surface area contributed by atoms with Crippen LogP contribution in [0.25, 0.3) is 0 Å². The molecule has 0 aliphatic rings. The Kier molecular flexibility index (Phi) is 8.55. The van der Waals surface area contributed by atoms with Crippen molar-refractivity contribution in [2.75, 3.05) is 0 Å². The molecule has 0 unspecified atom stereocenters. The average Bonchev–Trinajstić information content (AvgIpc) is 2.48. The Morgan fingerprint density at radius 3 is 1.72 bits per heavy atom. The molecular weight excluding hydrogens is 304 g/mol. The highest BCUT2D eigenvalue weighted by atomic mass is 14.8. The smallest absolute Gasteiger partial charge is 0.0714 e. The Bertz CT molecular complexity index is 634. The molecule has 0 N–H and O–H groups in total. The molecule has 2 heteroatoms. The van der Waals surface area contributed by atoms with Crippen LogP contribution in [-0.4, -0.2) is 11.4 Å². The van der Waals surface area contributed by atoms with Gasteiger partial charge in [0.25, 0.3) is 0 Å². The number of aliphatic imine (C=N–C) groups is 2. The lowest BCUT2D eigenvalue weighted by molar-refractivity contribution is 0.682. The molecule has 0 aliphatic carbocycles. The normalized spacial score (nSPS) is 13.2. The van der Waals surface area contributed by atoms with E-state index in [4.69, 9.17) is 9.98 Å². The maximum absolute atomic E-state index is 5.06. The quantitative estimate of drug-likeness (QED) is 0.440. The van der Waals surface area contributed by atoms with Crippen molar-refractivity contribution in [3.63, 3.8) is 0 Å². The van der Waals surface area contributed by atoms with Gasteiger partial charge in [0.05, 0.1) is 11.4 Å². The summed E-state index contributed by atoms with van der Waals surface area (Å²) in [6.07, 6.45) is 4.07. The van der Waals surface area contributed by atoms with Crippen LogP contribution in [0.3, 0.4) is 0 Å². The largest absolute Gasteiger partial charge is 0.257 e. The second kappa shape index (κ2) is 9.89. The van der Waals surface area contributed by atoms with Gasteiger partial charge in [0.15, 0.2) is 0 Å². The molecule has 0 radical (unpaired) electrons. The molecule has 0 aliphatic heterocycles. The molecule has 140 valence electrons. The molecule has 25 heavy (non-hydrogen) atoms. The zero-order chi connectivity index (χ0) is 19.1. The minimum absolute atomic E-state index is 0.634. The average molecular weight is 343 g/mol. The van der Waals surface area contributed by atoms with Gasteiger partial charge < -0.3 is 0 Å². The van der Waals surface area contributed by atoms with E-state index in [9.17, 15) is 0 Å². The first kappa shape index (κ1) is 21.6. The number of nitrogens with zero attached hydrogens (tertiary/aromatic N) is 2. The van der Waals surface area contributed by atoms with Crippen LogP contribution in [0.1, 0.15) is 84.9 Å². The summed E-state index contributed by atoms with van der Waals surface area (Å²) in [6, 6.07) is 2.29. The van der Waals surface area contributed by atoms with Crippen molar-refractivity contribution in [2.45, 2.75) is 88.0 Å². The number of hydrogen-bond donors (Lipinski definition) is 0. The highest BCUT2D eigenvalue weighted by molar-refractivity contribution is 5.89. The summed E-state index contributed by atoms with van der Waals surface area (Å²) in [5, 5.41) is 0. The first-order valence-corrected chi connectivity index (χ1v) is 9.93. The Balaban J connectivity index is 3.52. The summed E-state index contributed by atoms with van der Waals surface area (Å²) >= 11 is 0. The molecule has 0 heterocycles. The molecule has 0 saturated heterocycles. The van der Waals surface area contributed by atoms with Gasteiger partial charge in [-0.3, -0.25) is 9.98 Å². The third-order valence-electron chi connectivity index (χ3n) is 4.39. The van der Waals surface area contributed by atoms with E-state index in [0.717, 1.165) is 31.4 Å². The van der Waals surface area contributed by atoms with Crippen molar-refractivity contribution >= 4 is 22.8 Å². The molecule has 0 saturated carbocycles. The molecule has 0 bridgehead atoms. The van der Waals surface area contributed by atoms with E-state index in [1.807, 2.05) is 0 Å². The van der Waals surface area contributed by atoms with E-state index in [1.165, 1.54) is 33.8 Å². The molecule has 0 fully saturated rings. The molecule has 0 amide bonds. The SMILES string of the molecule is CCc1cc(C)c(N=C(C)CC(C)C)c(CC)c1N=C(C)CC(C)C. The number of benzene rings is 1. The van der Waals surface area contributed by atoms with E-state index in [2.05, 4.69) is 68.4 Å². The van der Waals surface area contributed by atoms with Gasteiger partial charge in [-0.25, -0.2) is 0 Å². The first-order chi connectivity index (χ1) is 11.7. The second-order valence-electron chi connectivity index (χ2n) is 8.13. The summed E-state index contributed by atoms with van der Waals surface area (Å²) < 4.78 is 0. The maximum Gasteiger partial charge on any atom is 0.0714 e. The second-order valence-corrected chi connectivity index (χ2v) is 8.13. The van der Waals surface area contributed by atoms with E-state index >= 15 is 0 Å². The van der Waals surface area contributed by atoms with Crippen LogP contribution < -0.4 is 0 Å². The Hall–Kier alpha value is -1.44. The highest BCUT2D eigenvalue weighted by Gasteiger charge is 2.15. The highest BCUT2D eigenvalue weighted by Crippen LogP contribution is 2.37. The molecule has 0 aromatic heterocycles. The van der Waals surface area contributed by atoms with Crippen LogP contribution in [0.15, 0.2) is 16.1 Å². The van der Waals surface area contributed by atoms with E-state index in [0.29, 0.717) is 11.8 Å². The van der Waals surface area contributed by atoms with Crippen molar-refractivity contribution in [2.24, 2.45) is 21.8 Å². The van der Waals surface area contributed by atoms with Crippen molar-refractivity contribution in [1.82, 2.24) is 0 Å². The predicted molar refractivity (Wildman–Crippen MR) is 114 cm³/mol. The van der Waals surface area contributed by atoms with Crippen molar-refractivity contribution < 1.29 is 0 Å². The molecule has 1 rings (SSSR count). The summed E-state index contributed by atoms with van der Waals surface area (Å²) in [6.45, 7) is 19.9. The van der Waals surface area contributed by atoms with Gasteiger partial charge in [0.1, 0.15) is 0 Å². The minimum Gasteiger partial charge on any atom is -0.257 e. The zero-order valence-electron chi connectivity index (χ0n) is 18.0. The van der Waals surface area contributed by atoms with E-state index in [-0.39, 0.29) is 0 Å². The van der Waals surface area contributed by atoms with Gasteiger partial charge in [-0.15, -0.1) is 0 Å². The van der Waals surface area contributed by atoms with Gasteiger partial charge in [0, 0.05) is 17.0 Å². The van der Waals surface area contributed by atoms with Gasteiger partial charge in [-0.05, 0) is 69.4 Å². The van der Waals surface area contributed by atoms with Crippen molar-refractivity contribution in [1.29, 1.82) is 0 Å². The fourth-order valence-corrected chi connectivity index (χ4v) is 3.50. The predicted octanol–water partition coefficient (Wildman–Crippen LogP) is 7.40. The lowest BCUT2D eigenvalue weighted by atomic mass is 9.96. The molecule has 1 aromatic carbocycles. The summed E-state index contributed by atoms with van der Waals surface area (Å²) in [5.41, 5.74) is 8.68. The third-order valence-corrected chi connectivity index (χ3v) is 4.39. The lowest BCUT2D eigenvalue weighted by Crippen LogP contribution is -2.01. The molecule has 2 nitrogen and oxygen atoms in total. The Morgan fingerprint density at radius 1 is 0.840 bits per heavy atom. The van der Waals surface area contributed by atoms with E-state index in [1.54, 1.807) is 0 Å². The number of hydrogen-bond acceptors (Lipinski definition) is 2.